The van der Waals surface area contributed by atoms with E-state index in [-0.39, 0.29) is 35.3 Å². The van der Waals surface area contributed by atoms with Gasteiger partial charge in [-0.15, -0.1) is 0 Å². The Labute approximate surface area is 182 Å². The highest BCUT2D eigenvalue weighted by atomic mass is 35.5. The van der Waals surface area contributed by atoms with Crippen molar-refractivity contribution in [3.05, 3.63) is 70.7 Å². The number of hydrogen-bond donors (Lipinski definition) is 3. The molecular weight excluding hydrogens is 426 g/mol. The van der Waals surface area contributed by atoms with Gasteiger partial charge in [0.2, 0.25) is 15.9 Å². The molecule has 0 saturated heterocycles. The topological polar surface area (TPSA) is 104 Å². The second-order valence-electron chi connectivity index (χ2n) is 7.09. The summed E-state index contributed by atoms with van der Waals surface area (Å²) in [5.41, 5.74) is 1.11. The van der Waals surface area contributed by atoms with Crippen LogP contribution in [-0.2, 0) is 21.4 Å². The summed E-state index contributed by atoms with van der Waals surface area (Å²) in [4.78, 5) is 25.0. The lowest BCUT2D eigenvalue weighted by Crippen LogP contribution is -2.50. The van der Waals surface area contributed by atoms with Crippen LogP contribution in [0.1, 0.15) is 29.8 Å². The molecule has 3 N–H and O–H groups in total. The highest BCUT2D eigenvalue weighted by molar-refractivity contribution is 7.89. The fourth-order valence-electron chi connectivity index (χ4n) is 2.68. The second kappa shape index (κ2) is 11.1. The third kappa shape index (κ3) is 7.44. The summed E-state index contributed by atoms with van der Waals surface area (Å²) in [5.74, 6) is -1.39. The standard InChI is InChI=1S/C21H26ClN3O4S/c1-15(2)19(25-20(26)17-10-6-7-11-18(17)22)21(27)23-12-13-30(28,29)24-14-16-8-4-3-5-9-16/h3-11,15,19,24H,12-14H2,1-2H3,(H,23,27)(H,25,26). The van der Waals surface area contributed by atoms with E-state index >= 15 is 0 Å². The average molecular weight is 452 g/mol. The zero-order valence-electron chi connectivity index (χ0n) is 16.9. The molecule has 0 aliphatic rings. The van der Waals surface area contributed by atoms with E-state index in [2.05, 4.69) is 15.4 Å². The lowest BCUT2D eigenvalue weighted by Gasteiger charge is -2.22. The Morgan fingerprint density at radius 3 is 2.27 bits per heavy atom. The van der Waals surface area contributed by atoms with E-state index < -0.39 is 27.9 Å². The molecular formula is C21H26ClN3O4S. The number of amides is 2. The molecule has 2 aromatic carbocycles. The summed E-state index contributed by atoms with van der Waals surface area (Å²) in [6, 6.07) is 14.9. The summed E-state index contributed by atoms with van der Waals surface area (Å²) in [6.45, 7) is 3.68. The maximum absolute atomic E-state index is 12.5. The van der Waals surface area contributed by atoms with Crippen molar-refractivity contribution >= 4 is 33.4 Å². The molecule has 9 heteroatoms. The Bertz CT molecular complexity index is 965. The Morgan fingerprint density at radius 2 is 1.63 bits per heavy atom. The van der Waals surface area contributed by atoms with Crippen molar-refractivity contribution in [3.8, 4) is 0 Å². The van der Waals surface area contributed by atoms with Crippen LogP contribution in [0.4, 0.5) is 0 Å². The number of carbonyl (C=O) groups excluding carboxylic acids is 2. The van der Waals surface area contributed by atoms with Gasteiger partial charge >= 0.3 is 0 Å². The Morgan fingerprint density at radius 1 is 1.00 bits per heavy atom. The number of halogens is 1. The van der Waals surface area contributed by atoms with E-state index in [0.717, 1.165) is 5.56 Å². The molecule has 30 heavy (non-hydrogen) atoms. The molecule has 2 amide bonds. The van der Waals surface area contributed by atoms with Crippen LogP contribution < -0.4 is 15.4 Å². The van der Waals surface area contributed by atoms with Gasteiger partial charge in [-0.1, -0.05) is 67.9 Å². The van der Waals surface area contributed by atoms with Gasteiger partial charge in [0.1, 0.15) is 6.04 Å². The third-order valence-electron chi connectivity index (χ3n) is 4.36. The van der Waals surface area contributed by atoms with E-state index in [1.807, 2.05) is 30.3 Å². The van der Waals surface area contributed by atoms with Crippen molar-refractivity contribution in [2.24, 2.45) is 5.92 Å². The fraction of sp³-hybridized carbons (Fsp3) is 0.333. The number of benzene rings is 2. The van der Waals surface area contributed by atoms with Crippen LogP contribution in [0.2, 0.25) is 5.02 Å². The molecule has 0 saturated carbocycles. The minimum atomic E-state index is -3.56. The van der Waals surface area contributed by atoms with Crippen LogP contribution in [0, 0.1) is 5.92 Å². The first kappa shape index (κ1) is 23.9. The highest BCUT2D eigenvalue weighted by Gasteiger charge is 2.25. The van der Waals surface area contributed by atoms with Crippen molar-refractivity contribution in [2.75, 3.05) is 12.3 Å². The molecule has 0 fully saturated rings. The predicted molar refractivity (Wildman–Crippen MR) is 118 cm³/mol. The third-order valence-corrected chi connectivity index (χ3v) is 6.02. The first-order valence-corrected chi connectivity index (χ1v) is 11.6. The van der Waals surface area contributed by atoms with Gasteiger partial charge in [-0.2, -0.15) is 0 Å². The number of carbonyl (C=O) groups is 2. The molecule has 0 spiro atoms. The summed E-state index contributed by atoms with van der Waals surface area (Å²) in [6.07, 6.45) is 0. The van der Waals surface area contributed by atoms with Gasteiger partial charge in [0.05, 0.1) is 16.3 Å². The number of rotatable bonds is 10. The fourth-order valence-corrected chi connectivity index (χ4v) is 3.80. The predicted octanol–water partition coefficient (Wildman–Crippen LogP) is 2.33. The van der Waals surface area contributed by atoms with E-state index in [1.54, 1.807) is 38.1 Å². The molecule has 0 bridgehead atoms. The quantitative estimate of drug-likeness (QED) is 0.515. The van der Waals surface area contributed by atoms with Crippen molar-refractivity contribution < 1.29 is 18.0 Å². The first-order chi connectivity index (χ1) is 14.2. The molecule has 1 atom stereocenters. The van der Waals surface area contributed by atoms with Crippen LogP contribution in [-0.4, -0.2) is 38.6 Å². The SMILES string of the molecule is CC(C)C(NC(=O)c1ccccc1Cl)C(=O)NCCS(=O)(=O)NCc1ccccc1. The Balaban J connectivity index is 1.87. The smallest absolute Gasteiger partial charge is 0.253 e. The molecule has 0 heterocycles. The van der Waals surface area contributed by atoms with Gasteiger partial charge in [0.15, 0.2) is 0 Å². The minimum Gasteiger partial charge on any atom is -0.353 e. The number of sulfonamides is 1. The lowest BCUT2D eigenvalue weighted by molar-refractivity contribution is -0.123. The molecule has 0 radical (unpaired) electrons. The molecule has 0 aliphatic carbocycles. The molecule has 0 aliphatic heterocycles. The Hall–Kier alpha value is -2.42. The Kier molecular flexibility index (Phi) is 8.83. The summed E-state index contributed by atoms with van der Waals surface area (Å²) in [5, 5.41) is 5.54. The van der Waals surface area contributed by atoms with E-state index in [9.17, 15) is 18.0 Å². The zero-order chi connectivity index (χ0) is 22.1. The van der Waals surface area contributed by atoms with Gasteiger partial charge in [0.25, 0.3) is 5.91 Å². The largest absolute Gasteiger partial charge is 0.353 e. The molecule has 7 nitrogen and oxygen atoms in total. The highest BCUT2D eigenvalue weighted by Crippen LogP contribution is 2.15. The van der Waals surface area contributed by atoms with Crippen molar-refractivity contribution in [2.45, 2.75) is 26.4 Å². The number of hydrogen-bond acceptors (Lipinski definition) is 4. The van der Waals surface area contributed by atoms with Crippen molar-refractivity contribution in [1.29, 1.82) is 0 Å². The van der Waals surface area contributed by atoms with Gasteiger partial charge in [-0.3, -0.25) is 9.59 Å². The lowest BCUT2D eigenvalue weighted by atomic mass is 10.0. The van der Waals surface area contributed by atoms with E-state index in [0.29, 0.717) is 0 Å². The maximum atomic E-state index is 12.5. The average Bonchev–Trinajstić information content (AvgIpc) is 2.71. The first-order valence-electron chi connectivity index (χ1n) is 9.54. The zero-order valence-corrected chi connectivity index (χ0v) is 18.5. The molecule has 2 rings (SSSR count). The summed E-state index contributed by atoms with van der Waals surface area (Å²) >= 11 is 6.03. The van der Waals surface area contributed by atoms with Crippen LogP contribution in [0.5, 0.6) is 0 Å². The summed E-state index contributed by atoms with van der Waals surface area (Å²) < 4.78 is 26.8. The molecule has 2 aromatic rings. The van der Waals surface area contributed by atoms with Gasteiger partial charge < -0.3 is 10.6 Å². The number of nitrogens with one attached hydrogen (secondary N) is 3. The van der Waals surface area contributed by atoms with Crippen LogP contribution in [0.25, 0.3) is 0 Å². The van der Waals surface area contributed by atoms with Gasteiger partial charge in [0, 0.05) is 13.1 Å². The second-order valence-corrected chi connectivity index (χ2v) is 9.43. The van der Waals surface area contributed by atoms with E-state index in [4.69, 9.17) is 11.6 Å². The summed E-state index contributed by atoms with van der Waals surface area (Å²) in [7, 11) is -3.56. The molecule has 1 unspecified atom stereocenters. The van der Waals surface area contributed by atoms with Crippen molar-refractivity contribution in [3.63, 3.8) is 0 Å². The molecule has 162 valence electrons. The van der Waals surface area contributed by atoms with Gasteiger partial charge in [-0.05, 0) is 23.6 Å². The molecule has 0 aromatic heterocycles. The van der Waals surface area contributed by atoms with Crippen LogP contribution in [0.3, 0.4) is 0 Å². The van der Waals surface area contributed by atoms with Gasteiger partial charge in [-0.25, -0.2) is 13.1 Å². The normalized spacial score (nSPS) is 12.4. The van der Waals surface area contributed by atoms with Crippen LogP contribution in [0.15, 0.2) is 54.6 Å². The van der Waals surface area contributed by atoms with Crippen LogP contribution >= 0.6 is 11.6 Å². The monoisotopic (exact) mass is 451 g/mol. The minimum absolute atomic E-state index is 0.0753. The van der Waals surface area contributed by atoms with E-state index in [1.165, 1.54) is 0 Å². The van der Waals surface area contributed by atoms with Crippen molar-refractivity contribution in [1.82, 2.24) is 15.4 Å². The maximum Gasteiger partial charge on any atom is 0.253 e.